The quantitative estimate of drug-likeness (QED) is 0.786. The van der Waals surface area contributed by atoms with Crippen molar-refractivity contribution in [3.8, 4) is 0 Å². The van der Waals surface area contributed by atoms with Crippen molar-refractivity contribution in [3.63, 3.8) is 0 Å². The molecule has 0 saturated carbocycles. The smallest absolute Gasteiger partial charge is 0.241 e. The Morgan fingerprint density at radius 3 is 2.37 bits per heavy atom. The Balaban J connectivity index is 1.67. The highest BCUT2D eigenvalue weighted by atomic mass is 16.2. The summed E-state index contributed by atoms with van der Waals surface area (Å²) in [4.78, 5) is 11.7. The van der Waals surface area contributed by atoms with Gasteiger partial charge in [-0.15, -0.1) is 0 Å². The number of nitrogens with zero attached hydrogens (tertiary/aromatic N) is 4. The van der Waals surface area contributed by atoms with Gasteiger partial charge in [0.05, 0.1) is 0 Å². The van der Waals surface area contributed by atoms with E-state index in [-0.39, 0.29) is 12.5 Å². The Morgan fingerprint density at radius 1 is 1.16 bits per heavy atom. The van der Waals surface area contributed by atoms with Gasteiger partial charge in [-0.25, -0.2) is 0 Å². The first kappa shape index (κ1) is 13.3. The van der Waals surface area contributed by atoms with E-state index in [1.54, 1.807) is 17.1 Å². The van der Waals surface area contributed by atoms with Gasteiger partial charge in [0.2, 0.25) is 5.91 Å². The Morgan fingerprint density at radius 2 is 1.79 bits per heavy atom. The number of carbonyl (C=O) groups is 1. The molecular weight excluding hydrogens is 242 g/mol. The zero-order valence-electron chi connectivity index (χ0n) is 11.3. The van der Waals surface area contributed by atoms with Gasteiger partial charge in [0.15, 0.2) is 0 Å². The highest BCUT2D eigenvalue weighted by Gasteiger charge is 2.04. The van der Waals surface area contributed by atoms with Crippen molar-refractivity contribution in [1.29, 1.82) is 0 Å². The van der Waals surface area contributed by atoms with Crippen molar-refractivity contribution in [3.05, 3.63) is 35.9 Å². The molecule has 0 aliphatic carbocycles. The normalized spacial score (nSPS) is 10.6. The van der Waals surface area contributed by atoms with E-state index in [4.69, 9.17) is 0 Å². The van der Waals surface area contributed by atoms with E-state index in [0.29, 0.717) is 6.54 Å². The predicted octanol–water partition coefficient (Wildman–Crippen LogP) is 0.903. The fraction of sp³-hybridized carbons (Fsp3) is 0.462. The fourth-order valence-electron chi connectivity index (χ4n) is 1.85. The minimum Gasteiger partial charge on any atom is -0.354 e. The SMILES string of the molecule is Cc1ccnn1CCCNC(=O)Cn1nccc1C. The number of hydrogen-bond donors (Lipinski definition) is 1. The van der Waals surface area contributed by atoms with E-state index in [1.807, 2.05) is 30.7 Å². The van der Waals surface area contributed by atoms with Gasteiger partial charge in [-0.2, -0.15) is 10.2 Å². The Bertz CT molecular complexity index is 543. The summed E-state index contributed by atoms with van der Waals surface area (Å²) in [5, 5.41) is 11.2. The molecule has 2 aromatic rings. The molecule has 0 atom stereocenters. The van der Waals surface area contributed by atoms with Crippen LogP contribution in [0.3, 0.4) is 0 Å². The van der Waals surface area contributed by atoms with Crippen LogP contribution in [0.2, 0.25) is 0 Å². The zero-order valence-corrected chi connectivity index (χ0v) is 11.3. The van der Waals surface area contributed by atoms with E-state index >= 15 is 0 Å². The molecule has 0 aliphatic rings. The van der Waals surface area contributed by atoms with Gasteiger partial charge in [0.25, 0.3) is 0 Å². The third-order valence-electron chi connectivity index (χ3n) is 3.02. The molecule has 102 valence electrons. The van der Waals surface area contributed by atoms with Crippen LogP contribution in [0.4, 0.5) is 0 Å². The number of hydrogen-bond acceptors (Lipinski definition) is 3. The molecule has 1 N–H and O–H groups in total. The van der Waals surface area contributed by atoms with E-state index in [9.17, 15) is 4.79 Å². The molecule has 6 heteroatoms. The fourth-order valence-corrected chi connectivity index (χ4v) is 1.85. The Hall–Kier alpha value is -2.11. The molecule has 0 unspecified atom stereocenters. The first-order valence-corrected chi connectivity index (χ1v) is 6.40. The van der Waals surface area contributed by atoms with Crippen LogP contribution >= 0.6 is 0 Å². The third-order valence-corrected chi connectivity index (χ3v) is 3.02. The second-order valence-corrected chi connectivity index (χ2v) is 4.53. The lowest BCUT2D eigenvalue weighted by atomic mass is 10.4. The van der Waals surface area contributed by atoms with Crippen molar-refractivity contribution in [2.24, 2.45) is 0 Å². The topological polar surface area (TPSA) is 64.7 Å². The van der Waals surface area contributed by atoms with Gasteiger partial charge in [-0.3, -0.25) is 14.2 Å². The van der Waals surface area contributed by atoms with Crippen molar-refractivity contribution < 1.29 is 4.79 Å². The van der Waals surface area contributed by atoms with Crippen molar-refractivity contribution in [2.45, 2.75) is 33.4 Å². The molecule has 0 saturated heterocycles. The summed E-state index contributed by atoms with van der Waals surface area (Å²) in [6, 6.07) is 3.85. The zero-order chi connectivity index (χ0) is 13.7. The van der Waals surface area contributed by atoms with Gasteiger partial charge in [-0.05, 0) is 32.4 Å². The average molecular weight is 261 g/mol. The monoisotopic (exact) mass is 261 g/mol. The summed E-state index contributed by atoms with van der Waals surface area (Å²) in [6.45, 7) is 5.70. The van der Waals surface area contributed by atoms with Crippen molar-refractivity contribution >= 4 is 5.91 Å². The molecule has 19 heavy (non-hydrogen) atoms. The highest BCUT2D eigenvalue weighted by molar-refractivity contribution is 5.75. The third kappa shape index (κ3) is 3.67. The van der Waals surface area contributed by atoms with Crippen LogP contribution in [-0.4, -0.2) is 32.0 Å². The average Bonchev–Trinajstić information content (AvgIpc) is 2.95. The minimum atomic E-state index is -0.0102. The molecule has 0 spiro atoms. The number of carbonyl (C=O) groups excluding carboxylic acids is 1. The summed E-state index contributed by atoms with van der Waals surface area (Å²) in [6.07, 6.45) is 4.35. The molecular formula is C13H19N5O. The van der Waals surface area contributed by atoms with Crippen LogP contribution in [0, 0.1) is 13.8 Å². The Labute approximate surface area is 112 Å². The van der Waals surface area contributed by atoms with Crippen LogP contribution in [0.15, 0.2) is 24.5 Å². The number of rotatable bonds is 6. The second kappa shape index (κ2) is 6.17. The molecule has 0 radical (unpaired) electrons. The molecule has 0 aliphatic heterocycles. The predicted molar refractivity (Wildman–Crippen MR) is 71.6 cm³/mol. The van der Waals surface area contributed by atoms with Crippen LogP contribution in [0.5, 0.6) is 0 Å². The van der Waals surface area contributed by atoms with Crippen LogP contribution in [0.25, 0.3) is 0 Å². The van der Waals surface area contributed by atoms with Gasteiger partial charge in [0, 0.05) is 36.9 Å². The van der Waals surface area contributed by atoms with E-state index in [1.165, 1.54) is 0 Å². The largest absolute Gasteiger partial charge is 0.354 e. The lowest BCUT2D eigenvalue weighted by molar-refractivity contribution is -0.121. The summed E-state index contributed by atoms with van der Waals surface area (Å²) >= 11 is 0. The highest BCUT2D eigenvalue weighted by Crippen LogP contribution is 1.97. The molecule has 6 nitrogen and oxygen atoms in total. The standard InChI is InChI=1S/C13H19N5O/c1-11-4-7-15-17(11)9-3-6-14-13(19)10-18-12(2)5-8-16-18/h4-5,7-8H,3,6,9-10H2,1-2H3,(H,14,19). The number of aryl methyl sites for hydroxylation is 3. The summed E-state index contributed by atoms with van der Waals surface area (Å²) in [7, 11) is 0. The summed E-state index contributed by atoms with van der Waals surface area (Å²) < 4.78 is 3.62. The molecule has 2 heterocycles. The molecule has 1 amide bonds. The minimum absolute atomic E-state index is 0.0102. The number of amides is 1. The first-order chi connectivity index (χ1) is 9.16. The number of nitrogens with one attached hydrogen (secondary N) is 1. The second-order valence-electron chi connectivity index (χ2n) is 4.53. The van der Waals surface area contributed by atoms with E-state index in [0.717, 1.165) is 24.4 Å². The van der Waals surface area contributed by atoms with Crippen molar-refractivity contribution in [2.75, 3.05) is 6.54 Å². The Kier molecular flexibility index (Phi) is 4.33. The lowest BCUT2D eigenvalue weighted by Gasteiger charge is -2.07. The van der Waals surface area contributed by atoms with E-state index < -0.39 is 0 Å². The summed E-state index contributed by atoms with van der Waals surface area (Å²) in [5.74, 6) is -0.0102. The number of aromatic nitrogens is 4. The lowest BCUT2D eigenvalue weighted by Crippen LogP contribution is -2.29. The van der Waals surface area contributed by atoms with Crippen molar-refractivity contribution in [1.82, 2.24) is 24.9 Å². The molecule has 2 rings (SSSR count). The van der Waals surface area contributed by atoms with Gasteiger partial charge < -0.3 is 5.32 Å². The molecule has 2 aromatic heterocycles. The van der Waals surface area contributed by atoms with Gasteiger partial charge in [0.1, 0.15) is 6.54 Å². The maximum Gasteiger partial charge on any atom is 0.241 e. The van der Waals surface area contributed by atoms with Crippen LogP contribution in [0.1, 0.15) is 17.8 Å². The molecule has 0 bridgehead atoms. The first-order valence-electron chi connectivity index (χ1n) is 6.40. The molecule has 0 fully saturated rings. The maximum atomic E-state index is 11.7. The van der Waals surface area contributed by atoms with Crippen LogP contribution in [-0.2, 0) is 17.9 Å². The van der Waals surface area contributed by atoms with Gasteiger partial charge in [-0.1, -0.05) is 0 Å². The van der Waals surface area contributed by atoms with Crippen LogP contribution < -0.4 is 5.32 Å². The maximum absolute atomic E-state index is 11.7. The van der Waals surface area contributed by atoms with E-state index in [2.05, 4.69) is 15.5 Å². The molecule has 0 aromatic carbocycles. The van der Waals surface area contributed by atoms with Gasteiger partial charge >= 0.3 is 0 Å². The summed E-state index contributed by atoms with van der Waals surface area (Å²) in [5.41, 5.74) is 2.13.